The number of alkyl halides is 3. The number of ether oxygens (including phenoxy) is 1. The second-order valence-corrected chi connectivity index (χ2v) is 3.52. The van der Waals surface area contributed by atoms with Gasteiger partial charge in [0.05, 0.1) is 12.7 Å². The number of nitriles is 1. The minimum absolute atomic E-state index is 0.0553. The number of hydrogen-bond donors (Lipinski definition) is 2. The van der Waals surface area contributed by atoms with Crippen molar-refractivity contribution in [2.45, 2.75) is 12.6 Å². The van der Waals surface area contributed by atoms with E-state index in [-0.39, 0.29) is 18.9 Å². The minimum atomic E-state index is -4.54. The molecule has 18 heavy (non-hydrogen) atoms. The molecule has 0 aromatic rings. The number of carbonyl (C=O) groups is 1. The summed E-state index contributed by atoms with van der Waals surface area (Å²) in [5.41, 5.74) is 0. The zero-order valence-corrected chi connectivity index (χ0v) is 10.0. The fourth-order valence-electron chi connectivity index (χ4n) is 1.06. The van der Waals surface area contributed by atoms with Gasteiger partial charge in [-0.25, -0.2) is 0 Å². The van der Waals surface area contributed by atoms with Gasteiger partial charge in [0, 0.05) is 33.2 Å². The standard InChI is InChI=1S/C10H16F3N3O2/c1-18-5-4-16-9(17)2-3-15-7-8(6-14)10(11,12)13/h8,15H,2-5,7H2,1H3,(H,16,17). The van der Waals surface area contributed by atoms with Crippen LogP contribution in [0.1, 0.15) is 6.42 Å². The smallest absolute Gasteiger partial charge is 0.383 e. The molecule has 8 heteroatoms. The third-order valence-electron chi connectivity index (χ3n) is 2.06. The van der Waals surface area contributed by atoms with E-state index in [0.29, 0.717) is 13.2 Å². The molecule has 2 N–H and O–H groups in total. The lowest BCUT2D eigenvalue weighted by atomic mass is 10.1. The van der Waals surface area contributed by atoms with Crippen molar-refractivity contribution in [3.63, 3.8) is 0 Å². The first kappa shape index (κ1) is 16.7. The predicted molar refractivity (Wildman–Crippen MR) is 57.5 cm³/mol. The lowest BCUT2D eigenvalue weighted by molar-refractivity contribution is -0.157. The van der Waals surface area contributed by atoms with Crippen LogP contribution in [0, 0.1) is 17.2 Å². The summed E-state index contributed by atoms with van der Waals surface area (Å²) in [6, 6.07) is 1.17. The summed E-state index contributed by atoms with van der Waals surface area (Å²) in [5.74, 6) is -2.32. The van der Waals surface area contributed by atoms with Gasteiger partial charge in [-0.15, -0.1) is 0 Å². The van der Waals surface area contributed by atoms with Crippen LogP contribution in [0.3, 0.4) is 0 Å². The van der Waals surface area contributed by atoms with Crippen LogP contribution >= 0.6 is 0 Å². The highest BCUT2D eigenvalue weighted by Gasteiger charge is 2.39. The van der Waals surface area contributed by atoms with E-state index in [4.69, 9.17) is 10.00 Å². The van der Waals surface area contributed by atoms with Gasteiger partial charge < -0.3 is 15.4 Å². The van der Waals surface area contributed by atoms with Crippen molar-refractivity contribution in [1.82, 2.24) is 10.6 Å². The van der Waals surface area contributed by atoms with Crippen molar-refractivity contribution in [3.8, 4) is 6.07 Å². The van der Waals surface area contributed by atoms with Gasteiger partial charge in [-0.2, -0.15) is 18.4 Å². The van der Waals surface area contributed by atoms with Crippen molar-refractivity contribution in [3.05, 3.63) is 0 Å². The molecule has 0 aromatic carbocycles. The Kier molecular flexibility index (Phi) is 8.07. The van der Waals surface area contributed by atoms with E-state index >= 15 is 0 Å². The van der Waals surface area contributed by atoms with Gasteiger partial charge >= 0.3 is 6.18 Å². The van der Waals surface area contributed by atoms with Crippen LogP contribution < -0.4 is 10.6 Å². The maximum Gasteiger partial charge on any atom is 0.405 e. The van der Waals surface area contributed by atoms with Crippen LogP contribution in [0.4, 0.5) is 13.2 Å². The van der Waals surface area contributed by atoms with Crippen LogP contribution in [-0.2, 0) is 9.53 Å². The Labute approximate surface area is 103 Å². The van der Waals surface area contributed by atoms with Crippen molar-refractivity contribution in [2.75, 3.05) is 33.4 Å². The second-order valence-electron chi connectivity index (χ2n) is 3.52. The number of nitrogens with one attached hydrogen (secondary N) is 2. The normalized spacial score (nSPS) is 12.8. The highest BCUT2D eigenvalue weighted by atomic mass is 19.4. The number of carbonyl (C=O) groups excluding carboxylic acids is 1. The van der Waals surface area contributed by atoms with Gasteiger partial charge in [-0.3, -0.25) is 4.79 Å². The number of nitrogens with zero attached hydrogens (tertiary/aromatic N) is 1. The van der Waals surface area contributed by atoms with Gasteiger partial charge in [0.1, 0.15) is 0 Å². The first-order chi connectivity index (χ1) is 8.41. The Morgan fingerprint density at radius 2 is 2.11 bits per heavy atom. The zero-order valence-electron chi connectivity index (χ0n) is 10.0. The van der Waals surface area contributed by atoms with Crippen LogP contribution in [-0.4, -0.2) is 45.4 Å². The molecule has 0 saturated carbocycles. The Bertz CT molecular complexity index is 289. The van der Waals surface area contributed by atoms with Crippen LogP contribution in [0.5, 0.6) is 0 Å². The highest BCUT2D eigenvalue weighted by Crippen LogP contribution is 2.24. The van der Waals surface area contributed by atoms with Crippen LogP contribution in [0.15, 0.2) is 0 Å². The molecule has 104 valence electrons. The average Bonchev–Trinajstić information content (AvgIpc) is 2.27. The molecule has 0 aliphatic heterocycles. The first-order valence-electron chi connectivity index (χ1n) is 5.34. The molecule has 0 aliphatic rings. The molecule has 0 bridgehead atoms. The van der Waals surface area contributed by atoms with E-state index in [1.807, 2.05) is 0 Å². The van der Waals surface area contributed by atoms with E-state index in [2.05, 4.69) is 10.6 Å². The molecule has 1 unspecified atom stereocenters. The summed E-state index contributed by atoms with van der Waals surface area (Å²) in [5, 5.41) is 13.3. The molecule has 0 saturated heterocycles. The molecule has 0 aromatic heterocycles. The van der Waals surface area contributed by atoms with Crippen molar-refractivity contribution in [2.24, 2.45) is 5.92 Å². The molecule has 0 fully saturated rings. The van der Waals surface area contributed by atoms with E-state index < -0.39 is 18.6 Å². The van der Waals surface area contributed by atoms with E-state index in [9.17, 15) is 18.0 Å². The third-order valence-corrected chi connectivity index (χ3v) is 2.06. The maximum absolute atomic E-state index is 12.2. The van der Waals surface area contributed by atoms with Crippen LogP contribution in [0.25, 0.3) is 0 Å². The molecular formula is C10H16F3N3O2. The van der Waals surface area contributed by atoms with E-state index in [0.717, 1.165) is 0 Å². The molecule has 0 rings (SSSR count). The molecular weight excluding hydrogens is 251 g/mol. The lowest BCUT2D eigenvalue weighted by Gasteiger charge is -2.13. The summed E-state index contributed by atoms with van der Waals surface area (Å²) in [4.78, 5) is 11.1. The SMILES string of the molecule is COCCNC(=O)CCNCC(C#N)C(F)(F)F. The largest absolute Gasteiger partial charge is 0.405 e. The van der Waals surface area contributed by atoms with Gasteiger partial charge in [0.2, 0.25) is 5.91 Å². The maximum atomic E-state index is 12.2. The third kappa shape index (κ3) is 7.86. The topological polar surface area (TPSA) is 74.2 Å². The highest BCUT2D eigenvalue weighted by molar-refractivity contribution is 5.75. The predicted octanol–water partition coefficient (Wildman–Crippen LogP) is 0.431. The molecule has 0 heterocycles. The van der Waals surface area contributed by atoms with Crippen molar-refractivity contribution >= 4 is 5.91 Å². The summed E-state index contributed by atoms with van der Waals surface area (Å²) in [6.45, 7) is 0.320. The molecule has 1 atom stereocenters. The fraction of sp³-hybridized carbons (Fsp3) is 0.800. The molecule has 0 spiro atoms. The van der Waals surface area contributed by atoms with Crippen molar-refractivity contribution < 1.29 is 22.7 Å². The Morgan fingerprint density at radius 3 is 2.61 bits per heavy atom. The first-order valence-corrected chi connectivity index (χ1v) is 5.34. The van der Waals surface area contributed by atoms with Crippen molar-refractivity contribution in [1.29, 1.82) is 5.26 Å². The van der Waals surface area contributed by atoms with E-state index in [1.165, 1.54) is 13.2 Å². The number of halogens is 3. The number of amides is 1. The molecule has 5 nitrogen and oxygen atoms in total. The lowest BCUT2D eigenvalue weighted by Crippen LogP contribution is -2.35. The van der Waals surface area contributed by atoms with E-state index in [1.54, 1.807) is 0 Å². The van der Waals surface area contributed by atoms with Gasteiger partial charge in [0.15, 0.2) is 5.92 Å². The van der Waals surface area contributed by atoms with Gasteiger partial charge in [-0.1, -0.05) is 0 Å². The summed E-state index contributed by atoms with van der Waals surface area (Å²) < 4.78 is 41.2. The zero-order chi connectivity index (χ0) is 14.0. The Morgan fingerprint density at radius 1 is 1.44 bits per heavy atom. The summed E-state index contributed by atoms with van der Waals surface area (Å²) in [7, 11) is 1.49. The average molecular weight is 267 g/mol. The number of rotatable bonds is 8. The number of hydrogen-bond acceptors (Lipinski definition) is 4. The molecule has 0 aliphatic carbocycles. The monoisotopic (exact) mass is 267 g/mol. The molecule has 1 amide bonds. The quantitative estimate of drug-likeness (QED) is 0.625. The Balaban J connectivity index is 3.67. The summed E-state index contributed by atoms with van der Waals surface area (Å²) in [6.07, 6.45) is -4.48. The second kappa shape index (κ2) is 8.72. The minimum Gasteiger partial charge on any atom is -0.383 e. The fourth-order valence-corrected chi connectivity index (χ4v) is 1.06. The molecule has 0 radical (unpaired) electrons. The summed E-state index contributed by atoms with van der Waals surface area (Å²) >= 11 is 0. The Hall–Kier alpha value is -1.33. The number of methoxy groups -OCH3 is 1. The van der Waals surface area contributed by atoms with Crippen LogP contribution in [0.2, 0.25) is 0 Å². The van der Waals surface area contributed by atoms with Gasteiger partial charge in [0.25, 0.3) is 0 Å². The van der Waals surface area contributed by atoms with Gasteiger partial charge in [-0.05, 0) is 0 Å².